The maximum absolute atomic E-state index is 15.2. The molecule has 13 atom stereocenters. The van der Waals surface area contributed by atoms with Crippen molar-refractivity contribution in [2.24, 2.45) is 41.4 Å². The maximum atomic E-state index is 15.2. The fourth-order valence-electron chi connectivity index (χ4n) is 11.1. The smallest absolute Gasteiger partial charge is 0.248 e. The van der Waals surface area contributed by atoms with E-state index in [9.17, 15) is 58.2 Å². The molecule has 1 aliphatic rings. The summed E-state index contributed by atoms with van der Waals surface area (Å²) in [5.41, 5.74) is 0. The van der Waals surface area contributed by atoms with Crippen LogP contribution in [0.1, 0.15) is 175 Å². The summed E-state index contributed by atoms with van der Waals surface area (Å²) in [5.74, 6) is -9.57. The normalized spacial score (nSPS) is 26.7. The molecule has 0 aliphatic carbocycles. The molecule has 6 N–H and O–H groups in total. The van der Waals surface area contributed by atoms with Crippen LogP contribution in [0.3, 0.4) is 0 Å². The zero-order valence-corrected chi connectivity index (χ0v) is 58.1. The molecule has 0 spiro atoms. The lowest BCUT2D eigenvalue weighted by molar-refractivity contribution is -0.154. The summed E-state index contributed by atoms with van der Waals surface area (Å²) in [4.78, 5) is 169. The number of aliphatic hydroxyl groups excluding tert-OH is 2. The van der Waals surface area contributed by atoms with Crippen molar-refractivity contribution in [2.75, 3.05) is 55.9 Å². The van der Waals surface area contributed by atoms with Gasteiger partial charge in [0.05, 0.1) is 18.8 Å². The molecule has 11 amide bonds. The number of aliphatic hydroxyl groups is 2. The number of carbonyl (C=O) groups excluding carboxylic acids is 11. The van der Waals surface area contributed by atoms with Crippen molar-refractivity contribution in [2.45, 2.75) is 248 Å². The number of amides is 11. The molecular formula is C64H117N11O13. The third-order valence-electron chi connectivity index (χ3n) is 16.6. The zero-order valence-electron chi connectivity index (χ0n) is 58.1. The van der Waals surface area contributed by atoms with E-state index >= 15 is 4.79 Å². The van der Waals surface area contributed by atoms with Gasteiger partial charge in [-0.15, -0.1) is 0 Å². The van der Waals surface area contributed by atoms with Crippen LogP contribution < -0.4 is 21.3 Å². The summed E-state index contributed by atoms with van der Waals surface area (Å²) in [7, 11) is 9.75. The molecule has 0 radical (unpaired) electrons. The lowest BCUT2D eigenvalue weighted by Crippen LogP contribution is -2.64. The Labute approximate surface area is 527 Å². The van der Waals surface area contributed by atoms with Crippen LogP contribution in [-0.4, -0.2) is 238 Å². The molecular weight excluding hydrogens is 1130 g/mol. The van der Waals surface area contributed by atoms with Gasteiger partial charge in [0.25, 0.3) is 0 Å². The van der Waals surface area contributed by atoms with Crippen LogP contribution in [0.15, 0.2) is 0 Å². The molecule has 0 bridgehead atoms. The van der Waals surface area contributed by atoms with E-state index in [4.69, 9.17) is 0 Å². The highest BCUT2D eigenvalue weighted by Crippen LogP contribution is 2.26. The fourth-order valence-corrected chi connectivity index (χ4v) is 11.1. The van der Waals surface area contributed by atoms with Crippen molar-refractivity contribution in [1.82, 2.24) is 55.6 Å². The number of hydrogen-bond acceptors (Lipinski definition) is 13. The number of unbranched alkanes of at least 4 members (excludes halogenated alkanes) is 1. The van der Waals surface area contributed by atoms with Crippen molar-refractivity contribution < 1.29 is 63.0 Å². The number of rotatable bonds is 18. The van der Waals surface area contributed by atoms with Crippen LogP contribution in [0.2, 0.25) is 0 Å². The van der Waals surface area contributed by atoms with Crippen LogP contribution in [0, 0.1) is 41.4 Å². The Kier molecular flexibility index (Phi) is 33.4. The van der Waals surface area contributed by atoms with Gasteiger partial charge in [-0.1, -0.05) is 110 Å². The Hall–Kier alpha value is -5.91. The molecule has 2 unspecified atom stereocenters. The molecule has 0 aromatic carbocycles. The van der Waals surface area contributed by atoms with Gasteiger partial charge in [-0.05, 0) is 107 Å². The second-order valence-corrected chi connectivity index (χ2v) is 27.6. The predicted molar refractivity (Wildman–Crippen MR) is 339 cm³/mol. The first-order valence-corrected chi connectivity index (χ1v) is 32.0. The van der Waals surface area contributed by atoms with E-state index in [1.165, 1.54) is 94.6 Å². The first kappa shape index (κ1) is 80.1. The largest absolute Gasteiger partial charge is 0.391 e. The summed E-state index contributed by atoms with van der Waals surface area (Å²) in [6.07, 6.45) is -0.533. The average molecular weight is 1250 g/mol. The number of hydrogen-bond donors (Lipinski definition) is 6. The number of carbonyl (C=O) groups is 11. The lowest BCUT2D eigenvalue weighted by atomic mass is 9.90. The topological polar surface area (TPSA) is 299 Å². The molecule has 1 saturated heterocycles. The number of nitrogens with zero attached hydrogens (tertiary/aromatic N) is 7. The van der Waals surface area contributed by atoms with Gasteiger partial charge < -0.3 is 65.8 Å². The predicted octanol–water partition coefficient (Wildman–Crippen LogP) is 3.24. The molecule has 24 heteroatoms. The van der Waals surface area contributed by atoms with Crippen molar-refractivity contribution in [3.63, 3.8) is 0 Å². The van der Waals surface area contributed by atoms with Crippen LogP contribution >= 0.6 is 0 Å². The van der Waals surface area contributed by atoms with E-state index < -0.39 is 150 Å². The van der Waals surface area contributed by atoms with E-state index in [-0.39, 0.29) is 74.0 Å². The minimum absolute atomic E-state index is 0.0664. The van der Waals surface area contributed by atoms with Crippen LogP contribution in [0.25, 0.3) is 0 Å². The van der Waals surface area contributed by atoms with Crippen molar-refractivity contribution in [3.05, 3.63) is 0 Å². The quantitative estimate of drug-likeness (QED) is 0.115. The Morgan fingerprint density at radius 2 is 0.773 bits per heavy atom. The Morgan fingerprint density at radius 1 is 0.409 bits per heavy atom. The van der Waals surface area contributed by atoms with Gasteiger partial charge in [0.1, 0.15) is 60.4 Å². The molecule has 0 aromatic rings. The monoisotopic (exact) mass is 1250 g/mol. The van der Waals surface area contributed by atoms with Crippen LogP contribution in [0.5, 0.6) is 0 Å². The molecule has 506 valence electrons. The Bertz CT molecular complexity index is 2350. The highest BCUT2D eigenvalue weighted by atomic mass is 16.3. The zero-order chi connectivity index (χ0) is 68.3. The highest BCUT2D eigenvalue weighted by molar-refractivity contribution is 5.99. The van der Waals surface area contributed by atoms with Gasteiger partial charge in [-0.25, -0.2) is 0 Å². The van der Waals surface area contributed by atoms with Gasteiger partial charge in [-0.3, -0.25) is 52.7 Å². The molecule has 0 aromatic heterocycles. The van der Waals surface area contributed by atoms with Crippen molar-refractivity contribution >= 4 is 65.0 Å². The first-order valence-electron chi connectivity index (χ1n) is 32.0. The molecule has 1 fully saturated rings. The molecule has 1 aliphatic heterocycles. The van der Waals surface area contributed by atoms with Gasteiger partial charge in [0.2, 0.25) is 65.0 Å². The molecule has 24 nitrogen and oxygen atoms in total. The van der Waals surface area contributed by atoms with E-state index in [1.807, 2.05) is 90.0 Å². The molecule has 88 heavy (non-hydrogen) atoms. The Morgan fingerprint density at radius 3 is 1.19 bits per heavy atom. The second-order valence-electron chi connectivity index (χ2n) is 27.6. The summed E-state index contributed by atoms with van der Waals surface area (Å²) in [6.45, 7) is 29.4. The molecule has 1 heterocycles. The average Bonchev–Trinajstić information content (AvgIpc) is 1.40. The fraction of sp³-hybridized carbons (Fsp3) is 0.828. The SMILES string of the molecule is CCCC[C@@H](C)C(O)[C@H]1C(=O)N[C@@H](C(C)O)C(=O)N(C)CC(=O)N(C)[C@@H](CC(C)C)C(=O)N(C)[C@@H](CC(C)C)C(=O)N(C)[C@@H](CC(C)C)C(=O)N[C@@H](C)C(=O)N[C@H](C)C(=O)N(C)[C@@H](CC(C)C)C(=O)N[C@@H](CC(C)C)C(=O)N(C)[C@@H](CC(C)C)C(=O)N1C. The van der Waals surface area contributed by atoms with E-state index in [0.717, 1.165) is 16.2 Å². The highest BCUT2D eigenvalue weighted by Gasteiger charge is 2.45. The van der Waals surface area contributed by atoms with E-state index in [0.29, 0.717) is 12.8 Å². The summed E-state index contributed by atoms with van der Waals surface area (Å²) < 4.78 is 0. The van der Waals surface area contributed by atoms with Crippen molar-refractivity contribution in [3.8, 4) is 0 Å². The lowest BCUT2D eigenvalue weighted by Gasteiger charge is -2.40. The molecule has 1 rings (SSSR count). The summed E-state index contributed by atoms with van der Waals surface area (Å²) in [6, 6.07) is -13.0. The summed E-state index contributed by atoms with van der Waals surface area (Å²) in [5, 5.41) is 34.3. The standard InChI is InChI=1S/C64H117N11O13/c1-25-26-27-41(14)54(78)53-58(82)68-52(44(17)76)64(88)69(18)34-51(77)70(19)48(31-38(8)9)61(85)74(23)49(32-39(10)11)62(86)72(21)46(29-36(4)5)56(80)65-42(15)55(79)66-43(16)59(83)71(20)47(30-37(6)7)57(81)67-45(28-35(2)3)60(84)73(22)50(33-40(12)13)63(87)75(53)24/h35-50,52-54,76,78H,25-34H2,1-24H3,(H,65,80)(H,66,79)(H,67,81)(H,68,82)/t41-,42+,43-,44?,45+,46+,47+,48+,49+,50+,52+,53+,54?/m1/s1. The van der Waals surface area contributed by atoms with Gasteiger partial charge in [-0.2, -0.15) is 0 Å². The van der Waals surface area contributed by atoms with Crippen LogP contribution in [0.4, 0.5) is 0 Å². The van der Waals surface area contributed by atoms with Crippen molar-refractivity contribution in [1.29, 1.82) is 0 Å². The second kappa shape index (κ2) is 36.7. The minimum Gasteiger partial charge on any atom is -0.391 e. The number of likely N-dealkylation sites (N-methyl/N-ethyl adjacent to an activating group) is 7. The third-order valence-corrected chi connectivity index (χ3v) is 16.6. The van der Waals surface area contributed by atoms with Gasteiger partial charge in [0.15, 0.2) is 0 Å². The minimum atomic E-state index is -1.73. The van der Waals surface area contributed by atoms with Crippen LogP contribution in [-0.2, 0) is 52.7 Å². The third kappa shape index (κ3) is 23.5. The van der Waals surface area contributed by atoms with E-state index in [1.54, 1.807) is 6.92 Å². The molecule has 0 saturated carbocycles. The van der Waals surface area contributed by atoms with E-state index in [2.05, 4.69) is 21.3 Å². The van der Waals surface area contributed by atoms with Gasteiger partial charge >= 0.3 is 0 Å². The first-order chi connectivity index (χ1) is 40.5. The number of nitrogens with one attached hydrogen (secondary N) is 4. The van der Waals surface area contributed by atoms with Gasteiger partial charge in [0, 0.05) is 49.3 Å². The Balaban J connectivity index is 4.40. The maximum Gasteiger partial charge on any atom is 0.248 e. The summed E-state index contributed by atoms with van der Waals surface area (Å²) >= 11 is 0.